The zero-order valence-corrected chi connectivity index (χ0v) is 11.3. The summed E-state index contributed by atoms with van der Waals surface area (Å²) in [5, 5.41) is 7.33. The second-order valence-electron chi connectivity index (χ2n) is 6.27. The minimum atomic E-state index is 0.185. The number of piperazine rings is 1. The summed E-state index contributed by atoms with van der Waals surface area (Å²) in [4.78, 5) is 2.67. The van der Waals surface area contributed by atoms with Crippen LogP contribution in [-0.4, -0.2) is 41.8 Å². The molecule has 94 valence electrons. The Morgan fingerprint density at radius 2 is 1.81 bits per heavy atom. The molecule has 0 spiro atoms. The van der Waals surface area contributed by atoms with Crippen LogP contribution in [0.4, 0.5) is 0 Å². The summed E-state index contributed by atoms with van der Waals surface area (Å²) in [6.45, 7) is 12.8. The molecule has 2 rings (SSSR count). The van der Waals surface area contributed by atoms with Gasteiger partial charge in [0.05, 0.1) is 6.17 Å². The Kier molecular flexibility index (Phi) is 3.30. The van der Waals surface area contributed by atoms with Crippen molar-refractivity contribution in [3.8, 4) is 0 Å². The monoisotopic (exact) mass is 225 g/mol. The fourth-order valence-electron chi connectivity index (χ4n) is 2.99. The quantitative estimate of drug-likeness (QED) is 0.709. The molecule has 0 saturated carbocycles. The Morgan fingerprint density at radius 3 is 2.44 bits per heavy atom. The van der Waals surface area contributed by atoms with Crippen molar-refractivity contribution in [1.82, 2.24) is 15.5 Å². The summed E-state index contributed by atoms with van der Waals surface area (Å²) in [6, 6.07) is 0. The summed E-state index contributed by atoms with van der Waals surface area (Å²) in [7, 11) is 0. The molecule has 0 aromatic rings. The lowest BCUT2D eigenvalue weighted by Crippen LogP contribution is -2.73. The van der Waals surface area contributed by atoms with Gasteiger partial charge >= 0.3 is 0 Å². The molecule has 0 bridgehead atoms. The van der Waals surface area contributed by atoms with E-state index < -0.39 is 0 Å². The zero-order chi connectivity index (χ0) is 11.8. The van der Waals surface area contributed by atoms with Crippen molar-refractivity contribution in [2.24, 2.45) is 0 Å². The van der Waals surface area contributed by atoms with E-state index in [1.807, 2.05) is 0 Å². The molecule has 16 heavy (non-hydrogen) atoms. The molecule has 2 saturated heterocycles. The summed E-state index contributed by atoms with van der Waals surface area (Å²) in [5.41, 5.74) is 0.393. The molecule has 2 aliphatic rings. The van der Waals surface area contributed by atoms with Crippen LogP contribution in [0.15, 0.2) is 0 Å². The van der Waals surface area contributed by atoms with Crippen LogP contribution >= 0.6 is 0 Å². The summed E-state index contributed by atoms with van der Waals surface area (Å²) < 4.78 is 0. The minimum absolute atomic E-state index is 0.185. The lowest BCUT2D eigenvalue weighted by Gasteiger charge is -2.57. The molecule has 3 nitrogen and oxygen atoms in total. The topological polar surface area (TPSA) is 27.3 Å². The van der Waals surface area contributed by atoms with Gasteiger partial charge in [-0.05, 0) is 53.5 Å². The van der Waals surface area contributed by atoms with E-state index in [4.69, 9.17) is 0 Å². The molecule has 2 aliphatic heterocycles. The third-order valence-corrected chi connectivity index (χ3v) is 4.83. The molecule has 0 amide bonds. The Balaban J connectivity index is 2.13. The number of nitrogens with one attached hydrogen (secondary N) is 2. The van der Waals surface area contributed by atoms with Gasteiger partial charge in [0.25, 0.3) is 0 Å². The van der Waals surface area contributed by atoms with Gasteiger partial charge < -0.3 is 10.6 Å². The summed E-state index contributed by atoms with van der Waals surface area (Å²) in [6.07, 6.45) is 4.61. The third-order valence-electron chi connectivity index (χ3n) is 4.83. The average Bonchev–Trinajstić information content (AvgIpc) is 2.23. The summed E-state index contributed by atoms with van der Waals surface area (Å²) in [5.74, 6) is 0. The Bertz CT molecular complexity index is 242. The molecule has 0 aromatic heterocycles. The number of piperidine rings is 1. The van der Waals surface area contributed by atoms with Crippen LogP contribution in [0.2, 0.25) is 0 Å². The number of hydrogen-bond donors (Lipinski definition) is 2. The largest absolute Gasteiger partial charge is 0.309 e. The van der Waals surface area contributed by atoms with Gasteiger partial charge in [-0.2, -0.15) is 0 Å². The zero-order valence-electron chi connectivity index (χ0n) is 11.3. The van der Waals surface area contributed by atoms with Crippen LogP contribution in [0.1, 0.15) is 47.0 Å². The first kappa shape index (κ1) is 12.3. The second kappa shape index (κ2) is 4.28. The van der Waals surface area contributed by atoms with Gasteiger partial charge in [-0.15, -0.1) is 0 Å². The molecule has 2 fully saturated rings. The lowest BCUT2D eigenvalue weighted by atomic mass is 9.78. The molecule has 0 aliphatic carbocycles. The van der Waals surface area contributed by atoms with Gasteiger partial charge in [-0.25, -0.2) is 0 Å². The molecular weight excluding hydrogens is 198 g/mol. The van der Waals surface area contributed by atoms with Gasteiger partial charge in [0.1, 0.15) is 0 Å². The molecule has 0 radical (unpaired) electrons. The van der Waals surface area contributed by atoms with Crippen LogP contribution in [0.3, 0.4) is 0 Å². The number of rotatable bonds is 1. The summed E-state index contributed by atoms with van der Waals surface area (Å²) >= 11 is 0. The van der Waals surface area contributed by atoms with Crippen LogP contribution in [0.5, 0.6) is 0 Å². The number of hydrogen-bond acceptors (Lipinski definition) is 3. The van der Waals surface area contributed by atoms with Crippen LogP contribution in [-0.2, 0) is 0 Å². The highest BCUT2D eigenvalue weighted by Gasteiger charge is 2.46. The van der Waals surface area contributed by atoms with Crippen molar-refractivity contribution in [2.45, 2.75) is 64.2 Å². The van der Waals surface area contributed by atoms with Crippen molar-refractivity contribution in [1.29, 1.82) is 0 Å². The van der Waals surface area contributed by atoms with Crippen LogP contribution in [0, 0.1) is 0 Å². The van der Waals surface area contributed by atoms with E-state index in [0.29, 0.717) is 6.17 Å². The van der Waals surface area contributed by atoms with E-state index in [2.05, 4.69) is 43.2 Å². The maximum absolute atomic E-state index is 3.68. The number of nitrogens with zero attached hydrogens (tertiary/aromatic N) is 1. The third kappa shape index (κ3) is 2.01. The predicted octanol–water partition coefficient (Wildman–Crippen LogP) is 1.55. The molecular formula is C13H27N3. The Hall–Kier alpha value is -0.120. The van der Waals surface area contributed by atoms with Gasteiger partial charge in [-0.3, -0.25) is 4.90 Å². The highest BCUT2D eigenvalue weighted by atomic mass is 15.4. The molecule has 3 heteroatoms. The highest BCUT2D eigenvalue weighted by Crippen LogP contribution is 2.33. The second-order valence-corrected chi connectivity index (χ2v) is 6.27. The fraction of sp³-hybridized carbons (Fsp3) is 1.00. The molecule has 0 aromatic carbocycles. The van der Waals surface area contributed by atoms with E-state index >= 15 is 0 Å². The van der Waals surface area contributed by atoms with Crippen molar-refractivity contribution in [2.75, 3.05) is 19.6 Å². The van der Waals surface area contributed by atoms with E-state index in [9.17, 15) is 0 Å². The molecule has 1 unspecified atom stereocenters. The Morgan fingerprint density at radius 1 is 1.06 bits per heavy atom. The minimum Gasteiger partial charge on any atom is -0.309 e. The first-order valence-corrected chi connectivity index (χ1v) is 6.70. The van der Waals surface area contributed by atoms with E-state index in [1.165, 1.54) is 25.8 Å². The normalized spacial score (nSPS) is 34.9. The molecule has 2 N–H and O–H groups in total. The first-order valence-electron chi connectivity index (χ1n) is 6.70. The van der Waals surface area contributed by atoms with E-state index in [-0.39, 0.29) is 11.1 Å². The predicted molar refractivity (Wildman–Crippen MR) is 68.5 cm³/mol. The van der Waals surface area contributed by atoms with Crippen LogP contribution in [0.25, 0.3) is 0 Å². The Labute approximate surface area is 100.0 Å². The van der Waals surface area contributed by atoms with Crippen molar-refractivity contribution < 1.29 is 0 Å². The van der Waals surface area contributed by atoms with Crippen molar-refractivity contribution in [3.63, 3.8) is 0 Å². The molecule has 2 heterocycles. The highest BCUT2D eigenvalue weighted by molar-refractivity contribution is 5.06. The maximum atomic E-state index is 3.68. The smallest absolute Gasteiger partial charge is 0.0602 e. The van der Waals surface area contributed by atoms with Gasteiger partial charge in [-0.1, -0.05) is 0 Å². The SMILES string of the molecule is CC1(C)NCCN(C2CCCCN2)C1(C)C. The van der Waals surface area contributed by atoms with Crippen LogP contribution < -0.4 is 10.6 Å². The fourth-order valence-corrected chi connectivity index (χ4v) is 2.99. The molecule has 1 atom stereocenters. The average molecular weight is 225 g/mol. The van der Waals surface area contributed by atoms with E-state index in [0.717, 1.165) is 13.1 Å². The first-order chi connectivity index (χ1) is 7.45. The maximum Gasteiger partial charge on any atom is 0.0602 e. The van der Waals surface area contributed by atoms with Gasteiger partial charge in [0.2, 0.25) is 0 Å². The van der Waals surface area contributed by atoms with Gasteiger partial charge in [0.15, 0.2) is 0 Å². The van der Waals surface area contributed by atoms with E-state index in [1.54, 1.807) is 0 Å². The van der Waals surface area contributed by atoms with Crippen molar-refractivity contribution in [3.05, 3.63) is 0 Å². The lowest BCUT2D eigenvalue weighted by molar-refractivity contribution is -0.0421. The standard InChI is InChI=1S/C13H27N3/c1-12(2)13(3,4)16(10-9-15-12)11-7-5-6-8-14-11/h11,14-15H,5-10H2,1-4H3. The van der Waals surface area contributed by atoms with Crippen molar-refractivity contribution >= 4 is 0 Å². The van der Waals surface area contributed by atoms with Gasteiger partial charge in [0, 0.05) is 24.2 Å².